The first-order chi connectivity index (χ1) is 10.0. The fourth-order valence-corrected chi connectivity index (χ4v) is 2.53. The minimum Gasteiger partial charge on any atom is -0.453 e. The van der Waals surface area contributed by atoms with E-state index in [-0.39, 0.29) is 18.0 Å². The van der Waals surface area contributed by atoms with Crippen LogP contribution >= 0.6 is 0 Å². The van der Waals surface area contributed by atoms with Crippen molar-refractivity contribution in [2.24, 2.45) is 0 Å². The van der Waals surface area contributed by atoms with Gasteiger partial charge in [0.15, 0.2) is 0 Å². The van der Waals surface area contributed by atoms with Crippen LogP contribution in [0.4, 0.5) is 4.79 Å². The second-order valence-electron chi connectivity index (χ2n) is 5.29. The number of aromatic nitrogens is 1. The van der Waals surface area contributed by atoms with Gasteiger partial charge in [0, 0.05) is 24.8 Å². The van der Waals surface area contributed by atoms with Crippen LogP contribution in [0.5, 0.6) is 0 Å². The topological polar surface area (TPSA) is 71.5 Å². The van der Waals surface area contributed by atoms with Crippen LogP contribution in [0.2, 0.25) is 0 Å². The summed E-state index contributed by atoms with van der Waals surface area (Å²) in [5.74, 6) is -0.100. The van der Waals surface area contributed by atoms with Crippen LogP contribution in [0.15, 0.2) is 12.1 Å². The highest BCUT2D eigenvalue weighted by molar-refractivity contribution is 5.95. The Morgan fingerprint density at radius 3 is 2.52 bits per heavy atom. The molecular formula is C15H21N3O3. The lowest BCUT2D eigenvalue weighted by atomic mass is 10.0. The molecule has 2 heterocycles. The second-order valence-corrected chi connectivity index (χ2v) is 5.29. The number of carbonyl (C=O) groups excluding carboxylic acids is 2. The van der Waals surface area contributed by atoms with Crippen molar-refractivity contribution in [3.8, 4) is 0 Å². The van der Waals surface area contributed by atoms with Crippen LogP contribution in [-0.4, -0.2) is 48.1 Å². The van der Waals surface area contributed by atoms with E-state index in [9.17, 15) is 9.59 Å². The van der Waals surface area contributed by atoms with Gasteiger partial charge in [-0.3, -0.25) is 9.78 Å². The Labute approximate surface area is 124 Å². The number of piperidine rings is 1. The Bertz CT molecular complexity index is 537. The number of likely N-dealkylation sites (tertiary alicyclic amines) is 1. The molecule has 0 aliphatic carbocycles. The number of hydrogen-bond donors (Lipinski definition) is 1. The number of aryl methyl sites for hydroxylation is 2. The highest BCUT2D eigenvalue weighted by Gasteiger charge is 2.24. The van der Waals surface area contributed by atoms with E-state index in [1.165, 1.54) is 7.11 Å². The van der Waals surface area contributed by atoms with Crippen LogP contribution in [0, 0.1) is 13.8 Å². The lowest BCUT2D eigenvalue weighted by molar-refractivity contribution is 0.0891. The van der Waals surface area contributed by atoms with Gasteiger partial charge in [-0.25, -0.2) is 4.79 Å². The monoisotopic (exact) mass is 291 g/mol. The molecule has 0 bridgehead atoms. The van der Waals surface area contributed by atoms with E-state index < -0.39 is 0 Å². The molecule has 2 amide bonds. The van der Waals surface area contributed by atoms with Gasteiger partial charge in [-0.05, 0) is 38.8 Å². The van der Waals surface area contributed by atoms with Gasteiger partial charge >= 0.3 is 6.09 Å². The molecule has 0 unspecified atom stereocenters. The number of rotatable bonds is 2. The van der Waals surface area contributed by atoms with Gasteiger partial charge in [0.2, 0.25) is 0 Å². The molecule has 0 saturated carbocycles. The van der Waals surface area contributed by atoms with E-state index in [1.807, 2.05) is 19.9 Å². The number of amides is 2. The SMILES string of the molecule is COC(=O)N1CCC(NC(=O)c2ccc(C)nc2C)CC1. The Balaban J connectivity index is 1.91. The largest absolute Gasteiger partial charge is 0.453 e. The van der Waals surface area contributed by atoms with E-state index in [1.54, 1.807) is 11.0 Å². The summed E-state index contributed by atoms with van der Waals surface area (Å²) >= 11 is 0. The highest BCUT2D eigenvalue weighted by Crippen LogP contribution is 2.13. The number of hydrogen-bond acceptors (Lipinski definition) is 4. The third kappa shape index (κ3) is 3.71. The maximum absolute atomic E-state index is 12.3. The molecule has 21 heavy (non-hydrogen) atoms. The summed E-state index contributed by atoms with van der Waals surface area (Å²) in [4.78, 5) is 29.6. The van der Waals surface area contributed by atoms with Crippen LogP contribution in [0.25, 0.3) is 0 Å². The summed E-state index contributed by atoms with van der Waals surface area (Å²) in [6, 6.07) is 3.72. The first kappa shape index (κ1) is 15.3. The zero-order valence-electron chi connectivity index (χ0n) is 12.7. The molecule has 2 rings (SSSR count). The third-order valence-electron chi connectivity index (χ3n) is 3.73. The minimum atomic E-state index is -0.307. The van der Waals surface area contributed by atoms with Crippen molar-refractivity contribution in [3.05, 3.63) is 29.1 Å². The molecule has 1 aliphatic rings. The highest BCUT2D eigenvalue weighted by atomic mass is 16.5. The predicted octanol–water partition coefficient (Wildman–Crippen LogP) is 1.66. The Morgan fingerprint density at radius 2 is 1.95 bits per heavy atom. The Morgan fingerprint density at radius 1 is 1.29 bits per heavy atom. The summed E-state index contributed by atoms with van der Waals surface area (Å²) in [7, 11) is 1.38. The maximum Gasteiger partial charge on any atom is 0.409 e. The van der Waals surface area contributed by atoms with Gasteiger partial charge in [0.25, 0.3) is 5.91 Å². The fourth-order valence-electron chi connectivity index (χ4n) is 2.53. The van der Waals surface area contributed by atoms with Crippen molar-refractivity contribution in [1.29, 1.82) is 0 Å². The molecule has 0 radical (unpaired) electrons. The molecule has 1 aromatic heterocycles. The number of carbonyl (C=O) groups is 2. The van der Waals surface area contributed by atoms with Gasteiger partial charge in [0.1, 0.15) is 0 Å². The molecule has 6 heteroatoms. The zero-order valence-corrected chi connectivity index (χ0v) is 12.7. The van der Waals surface area contributed by atoms with Gasteiger partial charge in [-0.2, -0.15) is 0 Å². The summed E-state index contributed by atoms with van der Waals surface area (Å²) < 4.78 is 4.69. The van der Waals surface area contributed by atoms with Crippen LogP contribution < -0.4 is 5.32 Å². The van der Waals surface area contributed by atoms with Crippen molar-refractivity contribution in [3.63, 3.8) is 0 Å². The normalized spacial score (nSPS) is 15.7. The van der Waals surface area contributed by atoms with E-state index in [0.29, 0.717) is 18.7 Å². The van der Waals surface area contributed by atoms with Gasteiger partial charge in [-0.15, -0.1) is 0 Å². The number of methoxy groups -OCH3 is 1. The molecule has 0 atom stereocenters. The number of nitrogens with zero attached hydrogens (tertiary/aromatic N) is 2. The first-order valence-corrected chi connectivity index (χ1v) is 7.09. The van der Waals surface area contributed by atoms with Crippen molar-refractivity contribution in [2.45, 2.75) is 32.7 Å². The molecule has 1 aromatic rings. The molecule has 0 spiro atoms. The summed E-state index contributed by atoms with van der Waals surface area (Å²) in [5.41, 5.74) is 2.24. The smallest absolute Gasteiger partial charge is 0.409 e. The second kappa shape index (κ2) is 6.56. The summed E-state index contributed by atoms with van der Waals surface area (Å²) in [6.07, 6.45) is 1.16. The fraction of sp³-hybridized carbons (Fsp3) is 0.533. The lowest BCUT2D eigenvalue weighted by Crippen LogP contribution is -2.46. The van der Waals surface area contributed by atoms with Gasteiger partial charge in [0.05, 0.1) is 18.4 Å². The first-order valence-electron chi connectivity index (χ1n) is 7.09. The molecule has 6 nitrogen and oxygen atoms in total. The molecule has 1 N–H and O–H groups in total. The molecular weight excluding hydrogens is 270 g/mol. The molecule has 0 aromatic carbocycles. The van der Waals surface area contributed by atoms with Gasteiger partial charge in [-0.1, -0.05) is 0 Å². The van der Waals surface area contributed by atoms with Crippen LogP contribution in [-0.2, 0) is 4.74 Å². The Kier molecular flexibility index (Phi) is 4.77. The van der Waals surface area contributed by atoms with Crippen LogP contribution in [0.1, 0.15) is 34.6 Å². The van der Waals surface area contributed by atoms with Gasteiger partial charge < -0.3 is 15.0 Å². The molecule has 1 saturated heterocycles. The summed E-state index contributed by atoms with van der Waals surface area (Å²) in [6.45, 7) is 4.94. The molecule has 114 valence electrons. The van der Waals surface area contributed by atoms with E-state index >= 15 is 0 Å². The van der Waals surface area contributed by atoms with E-state index in [0.717, 1.165) is 24.2 Å². The molecule has 1 fully saturated rings. The maximum atomic E-state index is 12.3. The summed E-state index contributed by atoms with van der Waals surface area (Å²) in [5, 5.41) is 3.02. The minimum absolute atomic E-state index is 0.0825. The Hall–Kier alpha value is -2.11. The average Bonchev–Trinajstić information content (AvgIpc) is 2.47. The van der Waals surface area contributed by atoms with E-state index in [2.05, 4.69) is 10.3 Å². The van der Waals surface area contributed by atoms with Crippen molar-refractivity contribution in [1.82, 2.24) is 15.2 Å². The van der Waals surface area contributed by atoms with Crippen LogP contribution in [0.3, 0.4) is 0 Å². The molecule has 1 aliphatic heterocycles. The standard InChI is InChI=1S/C15H21N3O3/c1-10-4-5-13(11(2)16-10)14(19)17-12-6-8-18(9-7-12)15(20)21-3/h4-5,12H,6-9H2,1-3H3,(H,17,19). The number of ether oxygens (including phenoxy) is 1. The number of pyridine rings is 1. The average molecular weight is 291 g/mol. The quantitative estimate of drug-likeness (QED) is 0.899. The van der Waals surface area contributed by atoms with E-state index in [4.69, 9.17) is 4.74 Å². The number of nitrogens with one attached hydrogen (secondary N) is 1. The predicted molar refractivity (Wildman–Crippen MR) is 78.2 cm³/mol. The van der Waals surface area contributed by atoms with Crippen molar-refractivity contribution < 1.29 is 14.3 Å². The lowest BCUT2D eigenvalue weighted by Gasteiger charge is -2.31. The third-order valence-corrected chi connectivity index (χ3v) is 3.73. The van der Waals surface area contributed by atoms with Crippen molar-refractivity contribution in [2.75, 3.05) is 20.2 Å². The zero-order chi connectivity index (χ0) is 15.4. The van der Waals surface area contributed by atoms with Crippen molar-refractivity contribution >= 4 is 12.0 Å².